The number of nitrogens with one attached hydrogen (secondary N) is 1. The number of halogens is 3. The van der Waals surface area contributed by atoms with Gasteiger partial charge in [-0.3, -0.25) is 14.5 Å². The molecule has 0 spiro atoms. The number of amides is 2. The first-order chi connectivity index (χ1) is 9.36. The predicted molar refractivity (Wildman–Crippen MR) is 70.5 cm³/mol. The van der Waals surface area contributed by atoms with Crippen molar-refractivity contribution in [2.24, 2.45) is 0 Å². The van der Waals surface area contributed by atoms with Crippen LogP contribution in [0.2, 0.25) is 5.02 Å². The Kier molecular flexibility index (Phi) is 3.94. The van der Waals surface area contributed by atoms with E-state index in [2.05, 4.69) is 5.32 Å². The van der Waals surface area contributed by atoms with Crippen LogP contribution in [0.25, 0.3) is 0 Å². The van der Waals surface area contributed by atoms with Gasteiger partial charge >= 0.3 is 0 Å². The molecule has 0 aromatic heterocycles. The summed E-state index contributed by atoms with van der Waals surface area (Å²) in [5.74, 6) is -2.69. The zero-order valence-corrected chi connectivity index (χ0v) is 11.7. The fourth-order valence-corrected chi connectivity index (χ4v) is 2.46. The number of benzene rings is 1. The SMILES string of the molecule is CCC1NC(=O)C(C)N(c2c(F)cc(F)cc2Cl)C1=O. The first kappa shape index (κ1) is 14.7. The molecule has 2 amide bonds. The van der Waals surface area contributed by atoms with Crippen LogP contribution in [0.15, 0.2) is 12.1 Å². The Bertz CT molecular complexity index is 556. The summed E-state index contributed by atoms with van der Waals surface area (Å²) in [6, 6.07) is -0.107. The largest absolute Gasteiger partial charge is 0.343 e. The lowest BCUT2D eigenvalue weighted by molar-refractivity contribution is -0.133. The Hall–Kier alpha value is -1.69. The van der Waals surface area contributed by atoms with E-state index in [1.807, 2.05) is 0 Å². The van der Waals surface area contributed by atoms with E-state index in [1.165, 1.54) is 6.92 Å². The van der Waals surface area contributed by atoms with Crippen LogP contribution in [-0.4, -0.2) is 23.9 Å². The Morgan fingerprint density at radius 1 is 1.35 bits per heavy atom. The molecule has 0 saturated carbocycles. The van der Waals surface area contributed by atoms with Crippen LogP contribution >= 0.6 is 11.6 Å². The second-order valence-corrected chi connectivity index (χ2v) is 4.98. The Morgan fingerprint density at radius 3 is 2.55 bits per heavy atom. The van der Waals surface area contributed by atoms with Crippen molar-refractivity contribution in [3.8, 4) is 0 Å². The highest BCUT2D eigenvalue weighted by Crippen LogP contribution is 2.33. The number of nitrogens with zero attached hydrogens (tertiary/aromatic N) is 1. The smallest absolute Gasteiger partial charge is 0.250 e. The summed E-state index contributed by atoms with van der Waals surface area (Å²) in [6.07, 6.45) is 0.369. The predicted octanol–water partition coefficient (Wildman–Crippen LogP) is 2.25. The van der Waals surface area contributed by atoms with Crippen LogP contribution in [0, 0.1) is 11.6 Å². The van der Waals surface area contributed by atoms with Crippen molar-refractivity contribution in [1.29, 1.82) is 0 Å². The van der Waals surface area contributed by atoms with Crippen LogP contribution < -0.4 is 10.2 Å². The monoisotopic (exact) mass is 302 g/mol. The summed E-state index contributed by atoms with van der Waals surface area (Å²) in [7, 11) is 0. The molecule has 1 aliphatic heterocycles. The van der Waals surface area contributed by atoms with E-state index < -0.39 is 35.5 Å². The standard InChI is InChI=1S/C13H13ClF2N2O2/c1-3-10-13(20)18(6(2)12(19)17-10)11-8(14)4-7(15)5-9(11)16/h4-6,10H,3H2,1-2H3,(H,17,19). The average molecular weight is 303 g/mol. The van der Waals surface area contributed by atoms with Gasteiger partial charge in [-0.1, -0.05) is 18.5 Å². The van der Waals surface area contributed by atoms with E-state index in [9.17, 15) is 18.4 Å². The highest BCUT2D eigenvalue weighted by molar-refractivity contribution is 6.34. The van der Waals surface area contributed by atoms with Crippen LogP contribution in [0.1, 0.15) is 20.3 Å². The zero-order valence-electron chi connectivity index (χ0n) is 10.9. The van der Waals surface area contributed by atoms with Crippen LogP contribution in [0.3, 0.4) is 0 Å². The van der Waals surface area contributed by atoms with Crippen molar-refractivity contribution in [3.05, 3.63) is 28.8 Å². The molecule has 2 unspecified atom stereocenters. The molecule has 1 heterocycles. The molecular formula is C13H13ClF2N2O2. The van der Waals surface area contributed by atoms with Gasteiger partial charge in [-0.05, 0) is 19.4 Å². The third kappa shape index (κ3) is 2.35. The number of hydrogen-bond acceptors (Lipinski definition) is 2. The molecule has 1 aliphatic rings. The van der Waals surface area contributed by atoms with Gasteiger partial charge in [0, 0.05) is 6.07 Å². The lowest BCUT2D eigenvalue weighted by Crippen LogP contribution is -2.62. The molecule has 0 bridgehead atoms. The maximum atomic E-state index is 14.0. The van der Waals surface area contributed by atoms with E-state index in [4.69, 9.17) is 11.6 Å². The molecule has 0 aliphatic carbocycles. The summed E-state index contributed by atoms with van der Waals surface area (Å²) >= 11 is 5.83. The molecule has 0 radical (unpaired) electrons. The van der Waals surface area contributed by atoms with Gasteiger partial charge in [0.15, 0.2) is 5.82 Å². The van der Waals surface area contributed by atoms with Gasteiger partial charge in [0.1, 0.15) is 17.9 Å². The Balaban J connectivity index is 2.54. The normalized spacial score (nSPS) is 22.9. The zero-order chi connectivity index (χ0) is 15.0. The topological polar surface area (TPSA) is 49.4 Å². The van der Waals surface area contributed by atoms with Gasteiger partial charge in [-0.15, -0.1) is 0 Å². The van der Waals surface area contributed by atoms with Crippen molar-refractivity contribution < 1.29 is 18.4 Å². The quantitative estimate of drug-likeness (QED) is 0.911. The Morgan fingerprint density at radius 2 is 2.00 bits per heavy atom. The molecule has 2 rings (SSSR count). The van der Waals surface area contributed by atoms with Crippen molar-refractivity contribution in [2.75, 3.05) is 4.90 Å². The molecule has 2 atom stereocenters. The van der Waals surface area contributed by atoms with Crippen LogP contribution in [-0.2, 0) is 9.59 Å². The molecule has 1 N–H and O–H groups in total. The molecular weight excluding hydrogens is 290 g/mol. The number of carbonyl (C=O) groups excluding carboxylic acids is 2. The van der Waals surface area contributed by atoms with Crippen molar-refractivity contribution in [2.45, 2.75) is 32.4 Å². The second-order valence-electron chi connectivity index (χ2n) is 4.57. The van der Waals surface area contributed by atoms with Crippen molar-refractivity contribution in [3.63, 3.8) is 0 Å². The molecule has 1 aromatic carbocycles. The third-order valence-electron chi connectivity index (χ3n) is 3.25. The number of piperazine rings is 1. The molecule has 1 aromatic rings. The van der Waals surface area contributed by atoms with E-state index in [0.717, 1.165) is 11.0 Å². The molecule has 1 saturated heterocycles. The summed E-state index contributed by atoms with van der Waals surface area (Å²) in [4.78, 5) is 25.1. The van der Waals surface area contributed by atoms with Gasteiger partial charge in [0.2, 0.25) is 11.8 Å². The Labute approximate surface area is 119 Å². The first-order valence-electron chi connectivity index (χ1n) is 6.14. The number of hydrogen-bond donors (Lipinski definition) is 1. The third-order valence-corrected chi connectivity index (χ3v) is 3.54. The lowest BCUT2D eigenvalue weighted by Gasteiger charge is -2.37. The summed E-state index contributed by atoms with van der Waals surface area (Å²) in [6.45, 7) is 3.18. The second kappa shape index (κ2) is 5.36. The summed E-state index contributed by atoms with van der Waals surface area (Å²) < 4.78 is 27.0. The molecule has 7 heteroatoms. The van der Waals surface area contributed by atoms with E-state index >= 15 is 0 Å². The highest BCUT2D eigenvalue weighted by atomic mass is 35.5. The molecule has 108 valence electrons. The first-order valence-corrected chi connectivity index (χ1v) is 6.52. The fourth-order valence-electron chi connectivity index (χ4n) is 2.18. The van der Waals surface area contributed by atoms with Crippen molar-refractivity contribution >= 4 is 29.1 Å². The van der Waals surface area contributed by atoms with Crippen molar-refractivity contribution in [1.82, 2.24) is 5.32 Å². The van der Waals surface area contributed by atoms with E-state index in [0.29, 0.717) is 12.5 Å². The van der Waals surface area contributed by atoms with Gasteiger partial charge in [-0.25, -0.2) is 8.78 Å². The summed E-state index contributed by atoms with van der Waals surface area (Å²) in [5.41, 5.74) is -0.265. The summed E-state index contributed by atoms with van der Waals surface area (Å²) in [5, 5.41) is 2.30. The van der Waals surface area contributed by atoms with E-state index in [-0.39, 0.29) is 10.7 Å². The molecule has 4 nitrogen and oxygen atoms in total. The van der Waals surface area contributed by atoms with Gasteiger partial charge in [0.05, 0.1) is 10.7 Å². The van der Waals surface area contributed by atoms with Gasteiger partial charge in [-0.2, -0.15) is 0 Å². The highest BCUT2D eigenvalue weighted by Gasteiger charge is 2.40. The minimum atomic E-state index is -0.972. The number of carbonyl (C=O) groups is 2. The maximum Gasteiger partial charge on any atom is 0.250 e. The molecule has 1 fully saturated rings. The van der Waals surface area contributed by atoms with Gasteiger partial charge < -0.3 is 5.32 Å². The number of rotatable bonds is 2. The molecule has 20 heavy (non-hydrogen) atoms. The fraction of sp³-hybridized carbons (Fsp3) is 0.385. The lowest BCUT2D eigenvalue weighted by atomic mass is 10.0. The minimum absolute atomic E-state index is 0.243. The van der Waals surface area contributed by atoms with Crippen LogP contribution in [0.4, 0.5) is 14.5 Å². The van der Waals surface area contributed by atoms with E-state index in [1.54, 1.807) is 6.92 Å². The minimum Gasteiger partial charge on any atom is -0.343 e. The van der Waals surface area contributed by atoms with Crippen LogP contribution in [0.5, 0.6) is 0 Å². The maximum absolute atomic E-state index is 14.0. The average Bonchev–Trinajstić information content (AvgIpc) is 2.36. The number of anilines is 1. The van der Waals surface area contributed by atoms with Gasteiger partial charge in [0.25, 0.3) is 0 Å².